The van der Waals surface area contributed by atoms with Gasteiger partial charge in [0.1, 0.15) is 0 Å². The summed E-state index contributed by atoms with van der Waals surface area (Å²) in [6, 6.07) is 50.6. The van der Waals surface area contributed by atoms with E-state index in [1.807, 2.05) is 24.5 Å². The van der Waals surface area contributed by atoms with Crippen molar-refractivity contribution in [3.05, 3.63) is 175 Å². The number of hydrogen-bond acceptors (Lipinski definition) is 4. The molecule has 0 saturated carbocycles. The van der Waals surface area contributed by atoms with Crippen LogP contribution in [-0.4, -0.2) is 24.5 Å². The number of benzene rings is 5. The van der Waals surface area contributed by atoms with Crippen LogP contribution in [0.15, 0.2) is 175 Å². The molecule has 50 heavy (non-hydrogen) atoms. The number of nitrogens with zero attached hydrogens (tertiary/aromatic N) is 5. The van der Waals surface area contributed by atoms with Crippen molar-refractivity contribution in [2.45, 2.75) is 0 Å². The standard InChI is InChI=1S/C44H28BrN5/c45-36-23-35(24-37(25-36)50-42-11-3-1-9-38(42)39-10-2-4-12-43(39)50)41-26-40(31-17-13-29(14-18-31)33-7-5-21-46-27-33)48-44(49-41)32-19-15-30(16-20-32)34-8-6-22-47-28-34/h1-28H. The molecule has 0 radical (unpaired) electrons. The van der Waals surface area contributed by atoms with Crippen molar-refractivity contribution >= 4 is 37.7 Å². The van der Waals surface area contributed by atoms with Crippen LogP contribution < -0.4 is 0 Å². The van der Waals surface area contributed by atoms with Gasteiger partial charge in [-0.2, -0.15) is 0 Å². The van der Waals surface area contributed by atoms with E-state index in [1.54, 1.807) is 12.4 Å². The van der Waals surface area contributed by atoms with E-state index < -0.39 is 0 Å². The lowest BCUT2D eigenvalue weighted by Crippen LogP contribution is -1.98. The molecule has 9 rings (SSSR count). The third kappa shape index (κ3) is 5.55. The first kappa shape index (κ1) is 29.9. The van der Waals surface area contributed by atoms with E-state index in [0.717, 1.165) is 71.5 Å². The fourth-order valence-electron chi connectivity index (χ4n) is 6.64. The van der Waals surface area contributed by atoms with Crippen molar-refractivity contribution < 1.29 is 0 Å². The molecule has 5 nitrogen and oxygen atoms in total. The largest absolute Gasteiger partial charge is 0.309 e. The summed E-state index contributed by atoms with van der Waals surface area (Å²) in [5.41, 5.74) is 12.3. The van der Waals surface area contributed by atoms with E-state index in [-0.39, 0.29) is 0 Å². The fraction of sp³-hybridized carbons (Fsp3) is 0. The van der Waals surface area contributed by atoms with Gasteiger partial charge < -0.3 is 4.57 Å². The second-order valence-corrected chi connectivity index (χ2v) is 13.1. The van der Waals surface area contributed by atoms with Gasteiger partial charge in [-0.25, -0.2) is 9.97 Å². The maximum Gasteiger partial charge on any atom is 0.160 e. The van der Waals surface area contributed by atoms with Gasteiger partial charge >= 0.3 is 0 Å². The lowest BCUT2D eigenvalue weighted by molar-refractivity contribution is 1.16. The van der Waals surface area contributed by atoms with Crippen LogP contribution in [0.2, 0.25) is 0 Å². The number of pyridine rings is 2. The van der Waals surface area contributed by atoms with Gasteiger partial charge in [0.15, 0.2) is 5.82 Å². The summed E-state index contributed by atoms with van der Waals surface area (Å²) in [6.07, 6.45) is 7.34. The fourth-order valence-corrected chi connectivity index (χ4v) is 7.12. The van der Waals surface area contributed by atoms with Gasteiger partial charge in [0.05, 0.1) is 22.4 Å². The molecule has 0 atom stereocenters. The molecule has 0 amide bonds. The molecule has 0 fully saturated rings. The molecule has 9 aromatic rings. The molecule has 236 valence electrons. The molecule has 0 spiro atoms. The number of hydrogen-bond donors (Lipinski definition) is 0. The molecule has 0 aliphatic carbocycles. The van der Waals surface area contributed by atoms with Gasteiger partial charge in [0.2, 0.25) is 0 Å². The van der Waals surface area contributed by atoms with E-state index in [0.29, 0.717) is 5.82 Å². The van der Waals surface area contributed by atoms with Gasteiger partial charge in [-0.1, -0.05) is 113 Å². The van der Waals surface area contributed by atoms with Crippen LogP contribution in [0.3, 0.4) is 0 Å². The number of para-hydroxylation sites is 2. The summed E-state index contributed by atoms with van der Waals surface area (Å²) in [5.74, 6) is 0.657. The highest BCUT2D eigenvalue weighted by Crippen LogP contribution is 2.36. The summed E-state index contributed by atoms with van der Waals surface area (Å²) in [7, 11) is 0. The van der Waals surface area contributed by atoms with Gasteiger partial charge in [-0.05, 0) is 70.8 Å². The van der Waals surface area contributed by atoms with Crippen LogP contribution in [0.1, 0.15) is 0 Å². The van der Waals surface area contributed by atoms with E-state index in [4.69, 9.17) is 9.97 Å². The zero-order valence-electron chi connectivity index (χ0n) is 26.8. The average Bonchev–Trinajstić information content (AvgIpc) is 3.53. The van der Waals surface area contributed by atoms with Crippen LogP contribution in [0.5, 0.6) is 0 Å². The van der Waals surface area contributed by atoms with E-state index >= 15 is 0 Å². The second-order valence-electron chi connectivity index (χ2n) is 12.2. The van der Waals surface area contributed by atoms with Crippen molar-refractivity contribution in [3.63, 3.8) is 0 Å². The summed E-state index contributed by atoms with van der Waals surface area (Å²) in [4.78, 5) is 18.9. The lowest BCUT2D eigenvalue weighted by atomic mass is 10.0. The zero-order valence-corrected chi connectivity index (χ0v) is 28.4. The molecular weight excluding hydrogens is 678 g/mol. The van der Waals surface area contributed by atoms with E-state index in [1.165, 1.54) is 10.8 Å². The molecule has 0 aliphatic heterocycles. The predicted octanol–water partition coefficient (Wildman–Crippen LogP) is 11.5. The first-order valence-electron chi connectivity index (χ1n) is 16.4. The van der Waals surface area contributed by atoms with Crippen molar-refractivity contribution in [1.82, 2.24) is 24.5 Å². The van der Waals surface area contributed by atoms with Crippen LogP contribution in [0.4, 0.5) is 0 Å². The first-order chi connectivity index (χ1) is 24.7. The first-order valence-corrected chi connectivity index (χ1v) is 17.2. The maximum atomic E-state index is 5.19. The molecule has 0 aliphatic rings. The Bertz CT molecular complexity index is 2480. The number of halogens is 1. The smallest absolute Gasteiger partial charge is 0.160 e. The third-order valence-electron chi connectivity index (χ3n) is 9.06. The molecule has 4 heterocycles. The molecule has 4 aromatic heterocycles. The summed E-state index contributed by atoms with van der Waals surface area (Å²) in [6.45, 7) is 0. The predicted molar refractivity (Wildman–Crippen MR) is 207 cm³/mol. The van der Waals surface area contributed by atoms with Crippen molar-refractivity contribution in [3.8, 4) is 61.8 Å². The van der Waals surface area contributed by atoms with Gasteiger partial charge in [0.25, 0.3) is 0 Å². The number of rotatable bonds is 6. The van der Waals surface area contributed by atoms with Crippen LogP contribution in [-0.2, 0) is 0 Å². The highest BCUT2D eigenvalue weighted by atomic mass is 79.9. The Morgan fingerprint density at radius 2 is 0.940 bits per heavy atom. The topological polar surface area (TPSA) is 56.5 Å². The van der Waals surface area contributed by atoms with Gasteiger partial charge in [0, 0.05) is 62.4 Å². The van der Waals surface area contributed by atoms with Crippen LogP contribution in [0.25, 0.3) is 83.6 Å². The molecule has 0 saturated heterocycles. The minimum Gasteiger partial charge on any atom is -0.309 e. The lowest BCUT2D eigenvalue weighted by Gasteiger charge is -2.13. The van der Waals surface area contributed by atoms with Crippen molar-refractivity contribution in [1.29, 1.82) is 0 Å². The minimum absolute atomic E-state index is 0.657. The molecule has 0 N–H and O–H groups in total. The van der Waals surface area contributed by atoms with E-state index in [2.05, 4.69) is 164 Å². The SMILES string of the molecule is Brc1cc(-c2cc(-c3ccc(-c4cccnc4)cc3)nc(-c3ccc(-c4cccnc4)cc3)n2)cc(-n2c3ccccc3c3ccccc32)c1. The summed E-state index contributed by atoms with van der Waals surface area (Å²) >= 11 is 3.84. The van der Waals surface area contributed by atoms with Crippen LogP contribution >= 0.6 is 15.9 Å². The third-order valence-corrected chi connectivity index (χ3v) is 9.51. The Morgan fingerprint density at radius 1 is 0.420 bits per heavy atom. The Labute approximate surface area is 297 Å². The number of fused-ring (bicyclic) bond motifs is 3. The maximum absolute atomic E-state index is 5.19. The summed E-state index contributed by atoms with van der Waals surface area (Å²) < 4.78 is 3.30. The normalized spacial score (nSPS) is 11.3. The second kappa shape index (κ2) is 12.7. The Kier molecular flexibility index (Phi) is 7.56. The average molecular weight is 707 g/mol. The minimum atomic E-state index is 0.657. The van der Waals surface area contributed by atoms with E-state index in [9.17, 15) is 0 Å². The highest BCUT2D eigenvalue weighted by Gasteiger charge is 2.16. The highest BCUT2D eigenvalue weighted by molar-refractivity contribution is 9.10. The monoisotopic (exact) mass is 705 g/mol. The van der Waals surface area contributed by atoms with Gasteiger partial charge in [-0.3, -0.25) is 9.97 Å². The molecular formula is C44H28BrN5. The number of aromatic nitrogens is 5. The van der Waals surface area contributed by atoms with Crippen molar-refractivity contribution in [2.75, 3.05) is 0 Å². The Hall–Kier alpha value is -6.24. The molecule has 6 heteroatoms. The zero-order chi connectivity index (χ0) is 33.4. The molecule has 0 bridgehead atoms. The Balaban J connectivity index is 1.20. The van der Waals surface area contributed by atoms with Crippen molar-refractivity contribution in [2.24, 2.45) is 0 Å². The van der Waals surface area contributed by atoms with Gasteiger partial charge in [-0.15, -0.1) is 0 Å². The molecule has 5 aromatic carbocycles. The quantitative estimate of drug-likeness (QED) is 0.173. The molecule has 0 unspecified atom stereocenters. The summed E-state index contributed by atoms with van der Waals surface area (Å²) in [5, 5.41) is 2.45. The Morgan fingerprint density at radius 3 is 1.50 bits per heavy atom. The van der Waals surface area contributed by atoms with Crippen LogP contribution in [0, 0.1) is 0 Å².